The molecule has 1 N–H and O–H groups in total. The first-order valence-electron chi connectivity index (χ1n) is 7.48. The van der Waals surface area contributed by atoms with Crippen LogP contribution in [0.25, 0.3) is 11.0 Å². The lowest BCUT2D eigenvalue weighted by Crippen LogP contribution is -2.37. The summed E-state index contributed by atoms with van der Waals surface area (Å²) in [6.07, 6.45) is 4.93. The third-order valence-electron chi connectivity index (χ3n) is 4.91. The highest BCUT2D eigenvalue weighted by molar-refractivity contribution is 14.1. The van der Waals surface area contributed by atoms with Crippen molar-refractivity contribution < 1.29 is 4.39 Å². The molecule has 2 aromatic rings. The number of fused-ring (bicyclic) bond motifs is 2. The van der Waals surface area contributed by atoms with Crippen molar-refractivity contribution in [3.05, 3.63) is 26.3 Å². The number of hydrogen-bond acceptors (Lipinski definition) is 2. The molecule has 2 aliphatic rings. The van der Waals surface area contributed by atoms with Gasteiger partial charge in [-0.1, -0.05) is 6.42 Å². The first kappa shape index (κ1) is 14.1. The van der Waals surface area contributed by atoms with Crippen LogP contribution in [0, 0.1) is 14.2 Å². The van der Waals surface area contributed by atoms with Crippen molar-refractivity contribution in [3.8, 4) is 0 Å². The molecule has 2 saturated heterocycles. The van der Waals surface area contributed by atoms with Gasteiger partial charge < -0.3 is 9.55 Å². The van der Waals surface area contributed by atoms with Crippen molar-refractivity contribution in [2.45, 2.75) is 37.8 Å². The van der Waals surface area contributed by atoms with Gasteiger partial charge in [0.1, 0.15) is 5.82 Å². The van der Waals surface area contributed by atoms with Crippen LogP contribution in [0.4, 0.5) is 4.39 Å². The molecule has 3 nitrogen and oxygen atoms in total. The summed E-state index contributed by atoms with van der Waals surface area (Å²) in [5.41, 5.74) is 1.86. The molecule has 2 fully saturated rings. The van der Waals surface area contributed by atoms with Gasteiger partial charge in [0.25, 0.3) is 0 Å². The van der Waals surface area contributed by atoms with Crippen molar-refractivity contribution in [2.75, 3.05) is 13.1 Å². The van der Waals surface area contributed by atoms with E-state index in [2.05, 4.69) is 14.5 Å². The predicted octanol–water partition coefficient (Wildman–Crippen LogP) is 4.24. The minimum absolute atomic E-state index is 0.163. The summed E-state index contributed by atoms with van der Waals surface area (Å²) in [6.45, 7) is 2.33. The molecule has 0 amide bonds. The van der Waals surface area contributed by atoms with Gasteiger partial charge in [0.2, 0.25) is 0 Å². The molecule has 0 saturated carbocycles. The monoisotopic (exact) mass is 417 g/mol. The molecule has 3 heterocycles. The number of H-pyrrole nitrogens is 1. The molecule has 6 heteroatoms. The van der Waals surface area contributed by atoms with Crippen molar-refractivity contribution in [1.82, 2.24) is 14.5 Å². The van der Waals surface area contributed by atoms with Crippen LogP contribution in [0.1, 0.15) is 31.7 Å². The summed E-state index contributed by atoms with van der Waals surface area (Å²) in [6, 6.07) is 4.43. The van der Waals surface area contributed by atoms with Gasteiger partial charge in [-0.05, 0) is 66.7 Å². The number of aromatic amines is 1. The fraction of sp³-hybridized carbons (Fsp3) is 0.533. The van der Waals surface area contributed by atoms with Crippen LogP contribution in [0.5, 0.6) is 0 Å². The highest BCUT2D eigenvalue weighted by atomic mass is 127. The molecule has 112 valence electrons. The fourth-order valence-corrected chi connectivity index (χ4v) is 4.78. The zero-order valence-corrected chi connectivity index (χ0v) is 14.6. The van der Waals surface area contributed by atoms with Crippen molar-refractivity contribution in [2.24, 2.45) is 0 Å². The molecule has 4 rings (SSSR count). The van der Waals surface area contributed by atoms with E-state index in [1.165, 1.54) is 25.8 Å². The van der Waals surface area contributed by atoms with Gasteiger partial charge in [-0.25, -0.2) is 4.39 Å². The number of aromatic nitrogens is 2. The summed E-state index contributed by atoms with van der Waals surface area (Å²) in [5, 5.41) is 0. The Morgan fingerprint density at radius 1 is 1.19 bits per heavy atom. The molecule has 2 aliphatic heterocycles. The van der Waals surface area contributed by atoms with Gasteiger partial charge >= 0.3 is 0 Å². The number of imidazole rings is 1. The van der Waals surface area contributed by atoms with Gasteiger partial charge in [0.05, 0.1) is 20.6 Å². The van der Waals surface area contributed by atoms with Crippen molar-refractivity contribution in [1.29, 1.82) is 0 Å². The van der Waals surface area contributed by atoms with E-state index in [0.717, 1.165) is 28.8 Å². The Hall–Kier alpha value is -0.470. The maximum absolute atomic E-state index is 14.0. The minimum Gasteiger partial charge on any atom is -0.331 e. The maximum Gasteiger partial charge on any atom is 0.178 e. The lowest BCUT2D eigenvalue weighted by Gasteiger charge is -2.33. The number of piperidine rings is 1. The summed E-state index contributed by atoms with van der Waals surface area (Å²) in [7, 11) is 0. The molecule has 1 aromatic heterocycles. The summed E-state index contributed by atoms with van der Waals surface area (Å²) >= 11 is 7.56. The van der Waals surface area contributed by atoms with Crippen molar-refractivity contribution >= 4 is 45.8 Å². The van der Waals surface area contributed by atoms with Crippen LogP contribution < -0.4 is 0 Å². The van der Waals surface area contributed by atoms with Gasteiger partial charge in [-0.15, -0.1) is 0 Å². The quantitative estimate of drug-likeness (QED) is 0.555. The molecule has 1 aromatic carbocycles. The van der Waals surface area contributed by atoms with E-state index in [9.17, 15) is 4.39 Å². The normalized spacial score (nSPS) is 26.4. The molecule has 2 atom stereocenters. The van der Waals surface area contributed by atoms with E-state index < -0.39 is 0 Å². The standard InChI is InChI=1S/C15H17FIN3S/c16-9-7-14-11(8-10(9)17)18-15(21)20(14)13-4-6-19-5-2-1-3-12(13)19/h7-8,12-13H,1-6H2,(H,18,21). The number of halogens is 2. The number of nitrogens with one attached hydrogen (secondary N) is 1. The molecule has 0 spiro atoms. The Balaban J connectivity index is 1.84. The number of rotatable bonds is 1. The summed E-state index contributed by atoms with van der Waals surface area (Å²) in [5.74, 6) is -0.163. The van der Waals surface area contributed by atoms with E-state index >= 15 is 0 Å². The molecular formula is C15H17FIN3S. The van der Waals surface area contributed by atoms with Crippen LogP contribution >= 0.6 is 34.8 Å². The van der Waals surface area contributed by atoms with E-state index in [4.69, 9.17) is 12.2 Å². The van der Waals surface area contributed by atoms with Crippen LogP contribution in [-0.2, 0) is 0 Å². The first-order valence-corrected chi connectivity index (χ1v) is 8.97. The number of nitrogens with zero attached hydrogens (tertiary/aromatic N) is 2. The molecule has 21 heavy (non-hydrogen) atoms. The first-order chi connectivity index (χ1) is 10.1. The number of hydrogen-bond donors (Lipinski definition) is 1. The van der Waals surface area contributed by atoms with E-state index in [-0.39, 0.29) is 5.82 Å². The smallest absolute Gasteiger partial charge is 0.178 e. The van der Waals surface area contributed by atoms with Gasteiger partial charge in [-0.3, -0.25) is 4.90 Å². The van der Waals surface area contributed by atoms with Crippen LogP contribution in [0.2, 0.25) is 0 Å². The largest absolute Gasteiger partial charge is 0.331 e. The maximum atomic E-state index is 14.0. The van der Waals surface area contributed by atoms with E-state index in [1.807, 2.05) is 28.7 Å². The van der Waals surface area contributed by atoms with Crippen molar-refractivity contribution in [3.63, 3.8) is 0 Å². The topological polar surface area (TPSA) is 24.0 Å². The van der Waals surface area contributed by atoms with Crippen LogP contribution in [0.3, 0.4) is 0 Å². The molecule has 0 bridgehead atoms. The second-order valence-corrected chi connectivity index (χ2v) is 7.59. The van der Waals surface area contributed by atoms with Gasteiger partial charge in [0.15, 0.2) is 4.77 Å². The molecule has 0 aliphatic carbocycles. The third-order valence-corrected chi connectivity index (χ3v) is 6.04. The molecule has 2 unspecified atom stereocenters. The zero-order chi connectivity index (χ0) is 14.6. The third kappa shape index (κ3) is 2.26. The Morgan fingerprint density at radius 2 is 2.05 bits per heavy atom. The Morgan fingerprint density at radius 3 is 2.90 bits per heavy atom. The lowest BCUT2D eigenvalue weighted by molar-refractivity contribution is 0.174. The Bertz CT molecular complexity index is 753. The SMILES string of the molecule is Fc1cc2c(cc1I)[nH]c(=S)n2C1CCN2CCCCC12. The summed E-state index contributed by atoms with van der Waals surface area (Å²) in [4.78, 5) is 5.84. The summed E-state index contributed by atoms with van der Waals surface area (Å²) < 4.78 is 17.5. The second-order valence-electron chi connectivity index (χ2n) is 6.04. The van der Waals surface area contributed by atoms with Gasteiger partial charge in [0, 0.05) is 18.7 Å². The Kier molecular flexibility index (Phi) is 3.58. The zero-order valence-electron chi connectivity index (χ0n) is 11.6. The lowest BCUT2D eigenvalue weighted by atomic mass is 9.99. The molecule has 0 radical (unpaired) electrons. The average Bonchev–Trinajstić information content (AvgIpc) is 3.00. The Labute approximate surface area is 141 Å². The average molecular weight is 417 g/mol. The van der Waals surface area contributed by atoms with Crippen LogP contribution in [-0.4, -0.2) is 33.6 Å². The highest BCUT2D eigenvalue weighted by Gasteiger charge is 2.37. The minimum atomic E-state index is -0.163. The van der Waals surface area contributed by atoms with Gasteiger partial charge in [-0.2, -0.15) is 0 Å². The van der Waals surface area contributed by atoms with Crippen LogP contribution in [0.15, 0.2) is 12.1 Å². The number of benzene rings is 1. The highest BCUT2D eigenvalue weighted by Crippen LogP contribution is 2.37. The fourth-order valence-electron chi connectivity index (χ4n) is 3.97. The second kappa shape index (κ2) is 5.31. The van der Waals surface area contributed by atoms with E-state index in [0.29, 0.717) is 15.7 Å². The predicted molar refractivity (Wildman–Crippen MR) is 92.7 cm³/mol. The van der Waals surface area contributed by atoms with E-state index in [1.54, 1.807) is 6.07 Å². The molecular weight excluding hydrogens is 400 g/mol.